The van der Waals surface area contributed by atoms with Crippen molar-refractivity contribution in [3.63, 3.8) is 0 Å². The largest absolute Gasteiger partial charge is 0.392 e. The molecular weight excluding hydrogens is 428 g/mol. The molecule has 0 radical (unpaired) electrons. The number of nitrogens with one attached hydrogen (secondary N) is 2. The second-order valence-corrected chi connectivity index (χ2v) is 10.4. The van der Waals surface area contributed by atoms with Crippen LogP contribution < -0.4 is 10.6 Å². The van der Waals surface area contributed by atoms with Crippen molar-refractivity contribution < 1.29 is 14.7 Å². The lowest BCUT2D eigenvalue weighted by Gasteiger charge is -2.56. The Hall–Kier alpha value is -2.80. The van der Waals surface area contributed by atoms with E-state index in [1.165, 1.54) is 0 Å². The minimum absolute atomic E-state index is 0.00740. The van der Waals surface area contributed by atoms with Gasteiger partial charge in [-0.1, -0.05) is 32.9 Å². The first-order valence-electron chi connectivity index (χ1n) is 12.4. The van der Waals surface area contributed by atoms with Gasteiger partial charge in [0.2, 0.25) is 5.91 Å². The summed E-state index contributed by atoms with van der Waals surface area (Å²) in [6.07, 6.45) is 8.11. The van der Waals surface area contributed by atoms with Crippen molar-refractivity contribution >= 4 is 11.8 Å². The highest BCUT2D eigenvalue weighted by Gasteiger charge is 2.53. The molecule has 3 N–H and O–H groups in total. The quantitative estimate of drug-likeness (QED) is 0.608. The Morgan fingerprint density at radius 2 is 1.97 bits per heavy atom. The fourth-order valence-electron chi connectivity index (χ4n) is 6.28. The number of aromatic nitrogens is 2. The molecule has 2 saturated carbocycles. The third-order valence-corrected chi connectivity index (χ3v) is 8.35. The topological polar surface area (TPSA) is 104 Å². The Morgan fingerprint density at radius 3 is 2.68 bits per heavy atom. The molecule has 2 aliphatic carbocycles. The highest BCUT2D eigenvalue weighted by Crippen LogP contribution is 2.55. The number of pyridine rings is 2. The molecule has 2 amide bonds. The minimum atomic E-state index is -0.595. The van der Waals surface area contributed by atoms with Gasteiger partial charge in [0.25, 0.3) is 5.91 Å². The zero-order chi connectivity index (χ0) is 24.3. The third kappa shape index (κ3) is 4.99. The zero-order valence-corrected chi connectivity index (χ0v) is 20.3. The lowest BCUT2D eigenvalue weighted by molar-refractivity contribution is -0.142. The number of fused-ring (bicyclic) bond motifs is 1. The van der Waals surface area contributed by atoms with Crippen LogP contribution in [0.1, 0.15) is 62.5 Å². The van der Waals surface area contributed by atoms with Crippen LogP contribution in [0.2, 0.25) is 0 Å². The van der Waals surface area contributed by atoms with Gasteiger partial charge in [0.1, 0.15) is 5.69 Å². The minimum Gasteiger partial charge on any atom is -0.392 e. The molecule has 0 spiro atoms. The molecule has 2 aromatic rings. The highest BCUT2D eigenvalue weighted by molar-refractivity contribution is 5.92. The standard InChI is InChI=1S/C27H36N4O3/c1-17(25(33)30-16-19-7-6-13-28-15-19)20-9-11-27(3)12-10-21(18(2)23(27)24(20)32)31-26(34)22-8-4-5-14-29-22/h4-8,13-15,17-18,20-21,23-24,32H,9-12,16H2,1-3H3,(H,30,33)(H,31,34)/t17-,18-,20+,21-,23+,24-,27+/m0/s1. The van der Waals surface area contributed by atoms with Gasteiger partial charge in [-0.05, 0) is 72.6 Å². The molecule has 7 atom stereocenters. The van der Waals surface area contributed by atoms with Crippen LogP contribution in [0.5, 0.6) is 0 Å². The molecule has 4 rings (SSSR count). The van der Waals surface area contributed by atoms with Gasteiger partial charge in [0.15, 0.2) is 0 Å². The van der Waals surface area contributed by atoms with Crippen LogP contribution >= 0.6 is 0 Å². The van der Waals surface area contributed by atoms with E-state index in [0.29, 0.717) is 12.2 Å². The molecule has 2 aromatic heterocycles. The van der Waals surface area contributed by atoms with Crippen molar-refractivity contribution in [3.05, 3.63) is 60.2 Å². The van der Waals surface area contributed by atoms with Crippen molar-refractivity contribution in [1.82, 2.24) is 20.6 Å². The lowest BCUT2D eigenvalue weighted by atomic mass is 9.51. The van der Waals surface area contributed by atoms with Gasteiger partial charge in [0.05, 0.1) is 6.10 Å². The van der Waals surface area contributed by atoms with E-state index in [-0.39, 0.29) is 46.9 Å². The maximum Gasteiger partial charge on any atom is 0.270 e. The molecule has 7 heteroatoms. The predicted octanol–water partition coefficient (Wildman–Crippen LogP) is 3.35. The summed E-state index contributed by atoms with van der Waals surface area (Å²) >= 11 is 0. The van der Waals surface area contributed by atoms with E-state index in [9.17, 15) is 14.7 Å². The smallest absolute Gasteiger partial charge is 0.270 e. The van der Waals surface area contributed by atoms with Crippen LogP contribution in [-0.4, -0.2) is 39.0 Å². The summed E-state index contributed by atoms with van der Waals surface area (Å²) in [7, 11) is 0. The van der Waals surface area contributed by atoms with Crippen LogP contribution in [0, 0.1) is 29.1 Å². The summed E-state index contributed by atoms with van der Waals surface area (Å²) in [5.41, 5.74) is 1.37. The fraction of sp³-hybridized carbons (Fsp3) is 0.556. The molecule has 0 aromatic carbocycles. The number of rotatable bonds is 6. The number of nitrogens with zero attached hydrogens (tertiary/aromatic N) is 2. The number of hydrogen-bond donors (Lipinski definition) is 3. The summed E-state index contributed by atoms with van der Waals surface area (Å²) in [6, 6.07) is 9.06. The first kappa shape index (κ1) is 24.3. The molecule has 2 heterocycles. The van der Waals surface area contributed by atoms with Gasteiger partial charge in [-0.15, -0.1) is 0 Å². The van der Waals surface area contributed by atoms with Gasteiger partial charge in [-0.25, -0.2) is 0 Å². The van der Waals surface area contributed by atoms with Crippen LogP contribution in [0.4, 0.5) is 0 Å². The van der Waals surface area contributed by atoms with Gasteiger partial charge in [0, 0.05) is 37.1 Å². The Bertz CT molecular complexity index is 986. The van der Waals surface area contributed by atoms with Gasteiger partial charge in [-0.2, -0.15) is 0 Å². The molecular formula is C27H36N4O3. The van der Waals surface area contributed by atoms with Crippen LogP contribution in [0.3, 0.4) is 0 Å². The van der Waals surface area contributed by atoms with Crippen LogP contribution in [0.25, 0.3) is 0 Å². The first-order chi connectivity index (χ1) is 16.3. The molecule has 2 fully saturated rings. The summed E-state index contributed by atoms with van der Waals surface area (Å²) < 4.78 is 0. The van der Waals surface area contributed by atoms with Gasteiger partial charge < -0.3 is 15.7 Å². The van der Waals surface area contributed by atoms with Crippen molar-refractivity contribution in [1.29, 1.82) is 0 Å². The summed E-state index contributed by atoms with van der Waals surface area (Å²) in [5, 5.41) is 17.7. The Balaban J connectivity index is 1.42. The van der Waals surface area contributed by atoms with E-state index in [2.05, 4.69) is 34.4 Å². The Morgan fingerprint density at radius 1 is 1.18 bits per heavy atom. The van der Waals surface area contributed by atoms with E-state index >= 15 is 0 Å². The SMILES string of the molecule is C[C@@H]1[C@@H]2[C@@H](O)[C@@H]([C@H](C)C(=O)NCc3cccnc3)CC[C@]2(C)CC[C@@H]1NC(=O)c1ccccn1. The summed E-state index contributed by atoms with van der Waals surface area (Å²) in [4.78, 5) is 33.9. The molecule has 34 heavy (non-hydrogen) atoms. The average molecular weight is 465 g/mol. The molecule has 0 saturated heterocycles. The monoisotopic (exact) mass is 464 g/mol. The first-order valence-corrected chi connectivity index (χ1v) is 12.4. The van der Waals surface area contributed by atoms with E-state index in [1.54, 1.807) is 36.8 Å². The number of carbonyl (C=O) groups is 2. The number of amides is 2. The molecule has 7 nitrogen and oxygen atoms in total. The van der Waals surface area contributed by atoms with Crippen molar-refractivity contribution in [2.45, 2.75) is 65.1 Å². The molecule has 0 bridgehead atoms. The van der Waals surface area contributed by atoms with E-state index in [0.717, 1.165) is 31.2 Å². The number of aliphatic hydroxyl groups is 1. The van der Waals surface area contributed by atoms with E-state index < -0.39 is 6.10 Å². The van der Waals surface area contributed by atoms with Crippen LogP contribution in [-0.2, 0) is 11.3 Å². The normalized spacial score (nSPS) is 31.7. The second kappa shape index (κ2) is 10.2. The molecule has 2 aliphatic rings. The number of aliphatic hydroxyl groups excluding tert-OH is 1. The number of carbonyl (C=O) groups excluding carboxylic acids is 2. The molecule has 182 valence electrons. The lowest BCUT2D eigenvalue weighted by Crippen LogP contribution is -2.58. The fourth-order valence-corrected chi connectivity index (χ4v) is 6.28. The summed E-state index contributed by atoms with van der Waals surface area (Å²) in [5.74, 6) is -0.518. The summed E-state index contributed by atoms with van der Waals surface area (Å²) in [6.45, 7) is 6.74. The van der Waals surface area contributed by atoms with Crippen molar-refractivity contribution in [2.75, 3.05) is 0 Å². The number of hydrogen-bond acceptors (Lipinski definition) is 5. The Kier molecular flexibility index (Phi) is 7.31. The zero-order valence-electron chi connectivity index (χ0n) is 20.3. The average Bonchev–Trinajstić information content (AvgIpc) is 2.85. The third-order valence-electron chi connectivity index (χ3n) is 8.35. The van der Waals surface area contributed by atoms with Crippen molar-refractivity contribution in [3.8, 4) is 0 Å². The molecule has 0 unspecified atom stereocenters. The van der Waals surface area contributed by atoms with Crippen LogP contribution in [0.15, 0.2) is 48.9 Å². The van der Waals surface area contributed by atoms with Gasteiger partial charge >= 0.3 is 0 Å². The van der Waals surface area contributed by atoms with E-state index in [1.807, 2.05) is 19.1 Å². The molecule has 0 aliphatic heterocycles. The predicted molar refractivity (Wildman–Crippen MR) is 129 cm³/mol. The second-order valence-electron chi connectivity index (χ2n) is 10.4. The van der Waals surface area contributed by atoms with Gasteiger partial charge in [-0.3, -0.25) is 19.6 Å². The van der Waals surface area contributed by atoms with E-state index in [4.69, 9.17) is 0 Å². The Labute approximate surface area is 201 Å². The highest BCUT2D eigenvalue weighted by atomic mass is 16.3. The van der Waals surface area contributed by atoms with Crippen molar-refractivity contribution in [2.24, 2.45) is 29.1 Å². The maximum atomic E-state index is 12.9. The maximum absolute atomic E-state index is 12.9.